The zero-order valence-electron chi connectivity index (χ0n) is 11.4. The van der Waals surface area contributed by atoms with Crippen molar-refractivity contribution in [1.29, 1.82) is 0 Å². The van der Waals surface area contributed by atoms with Crippen LogP contribution in [-0.2, 0) is 4.79 Å². The highest BCUT2D eigenvalue weighted by Crippen LogP contribution is 2.24. The Morgan fingerprint density at radius 3 is 2.95 bits per heavy atom. The molecule has 1 rings (SSSR count). The smallest absolute Gasteiger partial charge is 0.257 e. The van der Waals surface area contributed by atoms with Crippen molar-refractivity contribution in [2.24, 2.45) is 5.92 Å². The maximum atomic E-state index is 12.8. The van der Waals surface area contributed by atoms with Crippen molar-refractivity contribution in [3.05, 3.63) is 29.0 Å². The first-order valence-electron chi connectivity index (χ1n) is 6.48. The van der Waals surface area contributed by atoms with Crippen molar-refractivity contribution in [1.82, 2.24) is 5.32 Å². The van der Waals surface area contributed by atoms with Gasteiger partial charge in [0.2, 0.25) is 0 Å². The number of ether oxygens (including phenoxy) is 1. The normalized spacial score (nSPS) is 12.0. The summed E-state index contributed by atoms with van der Waals surface area (Å²) in [4.78, 5) is 11.5. The minimum Gasteiger partial charge on any atom is -0.482 e. The van der Waals surface area contributed by atoms with Gasteiger partial charge in [-0.05, 0) is 37.0 Å². The first-order valence-corrected chi connectivity index (χ1v) is 6.86. The predicted octanol–water partition coefficient (Wildman–Crippen LogP) is 2.38. The van der Waals surface area contributed by atoms with Crippen LogP contribution in [0.15, 0.2) is 18.2 Å². The van der Waals surface area contributed by atoms with Gasteiger partial charge in [0.1, 0.15) is 11.6 Å². The first kappa shape index (κ1) is 16.7. The van der Waals surface area contributed by atoms with Gasteiger partial charge in [-0.2, -0.15) is 0 Å². The molecule has 0 aliphatic carbocycles. The molecule has 1 atom stereocenters. The third kappa shape index (κ3) is 6.21. The molecular weight excluding hydrogens is 285 g/mol. The number of rotatable bonds is 8. The number of aliphatic hydroxyl groups is 1. The number of hydrogen-bond acceptors (Lipinski definition) is 3. The van der Waals surface area contributed by atoms with Crippen LogP contribution in [0.2, 0.25) is 5.02 Å². The largest absolute Gasteiger partial charge is 0.482 e. The van der Waals surface area contributed by atoms with Crippen molar-refractivity contribution >= 4 is 17.5 Å². The van der Waals surface area contributed by atoms with Gasteiger partial charge in [0.25, 0.3) is 5.91 Å². The lowest BCUT2D eigenvalue weighted by Crippen LogP contribution is -2.30. The van der Waals surface area contributed by atoms with Crippen LogP contribution in [0.1, 0.15) is 19.8 Å². The first-order chi connectivity index (χ1) is 9.52. The van der Waals surface area contributed by atoms with Gasteiger partial charge in [0.05, 0.1) is 5.02 Å². The monoisotopic (exact) mass is 303 g/mol. The molecule has 0 fully saturated rings. The Morgan fingerprint density at radius 2 is 2.30 bits per heavy atom. The number of carbonyl (C=O) groups excluding carboxylic acids is 1. The average molecular weight is 304 g/mol. The topological polar surface area (TPSA) is 58.6 Å². The van der Waals surface area contributed by atoms with Gasteiger partial charge in [0, 0.05) is 13.2 Å². The summed E-state index contributed by atoms with van der Waals surface area (Å²) in [5, 5.41) is 11.7. The van der Waals surface area contributed by atoms with Crippen LogP contribution < -0.4 is 10.1 Å². The SMILES string of the molecule is CC(CO)CCCNC(=O)COc1ccc(F)cc1Cl. The van der Waals surface area contributed by atoms with Gasteiger partial charge in [0.15, 0.2) is 6.61 Å². The Kier molecular flexibility index (Phi) is 7.33. The maximum Gasteiger partial charge on any atom is 0.257 e. The number of halogens is 2. The third-order valence-corrected chi connectivity index (χ3v) is 3.06. The van der Waals surface area contributed by atoms with Crippen LogP contribution in [-0.4, -0.2) is 30.8 Å². The quantitative estimate of drug-likeness (QED) is 0.725. The van der Waals surface area contributed by atoms with Crippen LogP contribution in [0.25, 0.3) is 0 Å². The van der Waals surface area contributed by atoms with Crippen molar-refractivity contribution in [3.63, 3.8) is 0 Å². The molecule has 0 spiro atoms. The number of nitrogens with one attached hydrogen (secondary N) is 1. The number of aliphatic hydroxyl groups excluding tert-OH is 1. The second-order valence-corrected chi connectivity index (χ2v) is 5.05. The lowest BCUT2D eigenvalue weighted by Gasteiger charge is -2.10. The van der Waals surface area contributed by atoms with E-state index in [1.165, 1.54) is 12.1 Å². The van der Waals surface area contributed by atoms with Crippen LogP contribution >= 0.6 is 11.6 Å². The summed E-state index contributed by atoms with van der Waals surface area (Å²) in [6.07, 6.45) is 1.65. The van der Waals surface area contributed by atoms with Crippen molar-refractivity contribution in [2.45, 2.75) is 19.8 Å². The molecule has 0 radical (unpaired) electrons. The molecule has 20 heavy (non-hydrogen) atoms. The average Bonchev–Trinajstić information content (AvgIpc) is 2.42. The Balaban J connectivity index is 2.23. The molecule has 0 aromatic heterocycles. The minimum atomic E-state index is -0.454. The fourth-order valence-corrected chi connectivity index (χ4v) is 1.78. The molecular formula is C14H19ClFNO3. The number of hydrogen-bond donors (Lipinski definition) is 2. The van der Waals surface area contributed by atoms with E-state index in [0.717, 1.165) is 18.9 Å². The molecule has 2 N–H and O–H groups in total. The molecule has 112 valence electrons. The lowest BCUT2D eigenvalue weighted by atomic mass is 10.1. The van der Waals surface area contributed by atoms with Crippen LogP contribution in [0.5, 0.6) is 5.75 Å². The van der Waals surface area contributed by atoms with Gasteiger partial charge in [-0.1, -0.05) is 18.5 Å². The zero-order valence-corrected chi connectivity index (χ0v) is 12.1. The van der Waals surface area contributed by atoms with Crippen LogP contribution in [0.3, 0.4) is 0 Å². The van der Waals surface area contributed by atoms with Gasteiger partial charge >= 0.3 is 0 Å². The lowest BCUT2D eigenvalue weighted by molar-refractivity contribution is -0.123. The summed E-state index contributed by atoms with van der Waals surface area (Å²) < 4.78 is 18.0. The zero-order chi connectivity index (χ0) is 15.0. The van der Waals surface area contributed by atoms with E-state index in [4.69, 9.17) is 21.4 Å². The molecule has 0 saturated carbocycles. The minimum absolute atomic E-state index is 0.134. The van der Waals surface area contributed by atoms with Crippen molar-refractivity contribution in [3.8, 4) is 5.75 Å². The molecule has 4 nitrogen and oxygen atoms in total. The van der Waals surface area contributed by atoms with E-state index in [2.05, 4.69) is 5.32 Å². The Labute approximate surface area is 122 Å². The molecule has 1 aromatic carbocycles. The molecule has 0 aliphatic rings. The summed E-state index contributed by atoms with van der Waals surface area (Å²) in [6, 6.07) is 3.73. The fourth-order valence-electron chi connectivity index (χ4n) is 1.56. The van der Waals surface area contributed by atoms with E-state index in [1.54, 1.807) is 0 Å². The van der Waals surface area contributed by atoms with Crippen molar-refractivity contribution in [2.75, 3.05) is 19.8 Å². The summed E-state index contributed by atoms with van der Waals surface area (Å²) >= 11 is 5.77. The maximum absolute atomic E-state index is 12.8. The summed E-state index contributed by atoms with van der Waals surface area (Å²) in [7, 11) is 0. The highest BCUT2D eigenvalue weighted by molar-refractivity contribution is 6.32. The number of carbonyl (C=O) groups is 1. The van der Waals surface area contributed by atoms with E-state index in [1.807, 2.05) is 6.92 Å². The van der Waals surface area contributed by atoms with Gasteiger partial charge in [-0.3, -0.25) is 4.79 Å². The summed E-state index contributed by atoms with van der Waals surface area (Å²) in [5.41, 5.74) is 0. The molecule has 1 aromatic rings. The summed E-state index contributed by atoms with van der Waals surface area (Å²) in [6.45, 7) is 2.46. The highest BCUT2D eigenvalue weighted by atomic mass is 35.5. The van der Waals surface area contributed by atoms with E-state index in [0.29, 0.717) is 6.54 Å². The Bertz CT molecular complexity index is 442. The van der Waals surface area contributed by atoms with E-state index < -0.39 is 5.82 Å². The van der Waals surface area contributed by atoms with Gasteiger partial charge < -0.3 is 15.2 Å². The van der Waals surface area contributed by atoms with E-state index in [-0.39, 0.29) is 35.8 Å². The second kappa shape index (κ2) is 8.76. The standard InChI is InChI=1S/C14H19ClFNO3/c1-10(8-18)3-2-6-17-14(19)9-20-13-5-4-11(16)7-12(13)15/h4-5,7,10,18H,2-3,6,8-9H2,1H3,(H,17,19). The van der Waals surface area contributed by atoms with Gasteiger partial charge in [-0.25, -0.2) is 4.39 Å². The molecule has 0 saturated heterocycles. The van der Waals surface area contributed by atoms with Crippen LogP contribution in [0, 0.1) is 11.7 Å². The molecule has 1 unspecified atom stereocenters. The Hall–Kier alpha value is -1.33. The predicted molar refractivity (Wildman–Crippen MR) is 75.4 cm³/mol. The number of benzene rings is 1. The Morgan fingerprint density at radius 1 is 1.55 bits per heavy atom. The van der Waals surface area contributed by atoms with E-state index >= 15 is 0 Å². The third-order valence-electron chi connectivity index (χ3n) is 2.76. The van der Waals surface area contributed by atoms with Crippen molar-refractivity contribution < 1.29 is 19.0 Å². The highest BCUT2D eigenvalue weighted by Gasteiger charge is 2.07. The van der Waals surface area contributed by atoms with E-state index in [9.17, 15) is 9.18 Å². The van der Waals surface area contributed by atoms with Gasteiger partial charge in [-0.15, -0.1) is 0 Å². The second-order valence-electron chi connectivity index (χ2n) is 4.64. The molecule has 0 aliphatic heterocycles. The molecule has 6 heteroatoms. The molecule has 0 bridgehead atoms. The fraction of sp³-hybridized carbons (Fsp3) is 0.500. The molecule has 0 heterocycles. The van der Waals surface area contributed by atoms with Crippen LogP contribution in [0.4, 0.5) is 4.39 Å². The number of amides is 1. The summed E-state index contributed by atoms with van der Waals surface area (Å²) in [5.74, 6) is -0.204. The molecule has 1 amide bonds.